The van der Waals surface area contributed by atoms with Crippen molar-refractivity contribution < 1.29 is 4.79 Å². The number of carbonyl (C=O) groups is 1. The number of nitrogens with zero attached hydrogens (tertiary/aromatic N) is 4. The lowest BCUT2D eigenvalue weighted by Crippen LogP contribution is -2.34. The lowest BCUT2D eigenvalue weighted by molar-refractivity contribution is 0.0987. The SMILES string of the molecule is Cc1cc(C)c2nc(N(CCn3cccn3)C(=O)c3cccc4ccccc34)sc2c1. The first kappa shape index (κ1) is 19.5. The molecule has 0 atom stereocenters. The van der Waals surface area contributed by atoms with Gasteiger partial charge in [-0.05, 0) is 53.9 Å². The second-order valence-corrected chi connectivity index (χ2v) is 8.69. The van der Waals surface area contributed by atoms with Crippen molar-refractivity contribution in [1.29, 1.82) is 0 Å². The molecule has 0 saturated carbocycles. The summed E-state index contributed by atoms with van der Waals surface area (Å²) < 4.78 is 2.94. The Bertz CT molecular complexity index is 1380. The first-order chi connectivity index (χ1) is 15.1. The van der Waals surface area contributed by atoms with E-state index in [0.29, 0.717) is 23.8 Å². The summed E-state index contributed by atoms with van der Waals surface area (Å²) in [5.41, 5.74) is 3.97. The fourth-order valence-electron chi connectivity index (χ4n) is 3.95. The summed E-state index contributed by atoms with van der Waals surface area (Å²) >= 11 is 1.56. The van der Waals surface area contributed by atoms with Crippen molar-refractivity contribution in [3.63, 3.8) is 0 Å². The van der Waals surface area contributed by atoms with E-state index in [1.807, 2.05) is 59.4 Å². The maximum Gasteiger partial charge on any atom is 0.260 e. The number of aryl methyl sites for hydroxylation is 2. The van der Waals surface area contributed by atoms with Crippen LogP contribution in [0.3, 0.4) is 0 Å². The highest BCUT2D eigenvalue weighted by atomic mass is 32.1. The first-order valence-electron chi connectivity index (χ1n) is 10.2. The van der Waals surface area contributed by atoms with Crippen molar-refractivity contribution in [2.45, 2.75) is 20.4 Å². The van der Waals surface area contributed by atoms with E-state index in [9.17, 15) is 4.79 Å². The molecule has 5 rings (SSSR count). The Morgan fingerprint density at radius 3 is 2.74 bits per heavy atom. The smallest absolute Gasteiger partial charge is 0.260 e. The van der Waals surface area contributed by atoms with E-state index in [-0.39, 0.29) is 5.91 Å². The minimum Gasteiger partial charge on any atom is -0.282 e. The van der Waals surface area contributed by atoms with E-state index < -0.39 is 0 Å². The third-order valence-electron chi connectivity index (χ3n) is 5.43. The maximum absolute atomic E-state index is 13.8. The topological polar surface area (TPSA) is 51.0 Å². The fourth-order valence-corrected chi connectivity index (χ4v) is 5.12. The van der Waals surface area contributed by atoms with E-state index in [1.165, 1.54) is 5.56 Å². The Morgan fingerprint density at radius 2 is 1.90 bits per heavy atom. The number of hydrogen-bond acceptors (Lipinski definition) is 4. The van der Waals surface area contributed by atoms with Crippen molar-refractivity contribution in [2.75, 3.05) is 11.4 Å². The Balaban J connectivity index is 1.60. The number of benzene rings is 3. The Hall–Kier alpha value is -3.51. The minimum absolute atomic E-state index is 0.0441. The first-order valence-corrected chi connectivity index (χ1v) is 11.1. The molecular formula is C25H22N4OS. The van der Waals surface area contributed by atoms with E-state index in [2.05, 4.69) is 31.1 Å². The molecule has 0 fully saturated rings. The van der Waals surface area contributed by atoms with Crippen LogP contribution in [0.1, 0.15) is 21.5 Å². The second kappa shape index (κ2) is 7.96. The average Bonchev–Trinajstić information content (AvgIpc) is 3.43. The Kier molecular flexibility index (Phi) is 5.00. The molecule has 0 aliphatic rings. The molecule has 0 spiro atoms. The molecule has 0 saturated heterocycles. The van der Waals surface area contributed by atoms with Gasteiger partial charge in [0, 0.05) is 24.5 Å². The van der Waals surface area contributed by atoms with Crippen LogP contribution in [0.4, 0.5) is 5.13 Å². The molecule has 154 valence electrons. The molecule has 5 nitrogen and oxygen atoms in total. The quantitative estimate of drug-likeness (QED) is 0.367. The molecule has 31 heavy (non-hydrogen) atoms. The zero-order chi connectivity index (χ0) is 21.4. The summed E-state index contributed by atoms with van der Waals surface area (Å²) in [5.74, 6) is -0.0441. The number of rotatable bonds is 5. The third kappa shape index (κ3) is 3.70. The van der Waals surface area contributed by atoms with Gasteiger partial charge in [0.15, 0.2) is 5.13 Å². The maximum atomic E-state index is 13.8. The van der Waals surface area contributed by atoms with Gasteiger partial charge in [-0.2, -0.15) is 5.10 Å². The molecule has 0 radical (unpaired) electrons. The van der Waals surface area contributed by atoms with Crippen LogP contribution >= 0.6 is 11.3 Å². The molecule has 3 aromatic carbocycles. The molecule has 2 aromatic heterocycles. The van der Waals surface area contributed by atoms with E-state index in [1.54, 1.807) is 22.4 Å². The standard InChI is InChI=1S/C25H22N4OS/c1-17-15-18(2)23-22(16-17)31-25(27-23)29(14-13-28-12-6-11-26-28)24(30)21-10-5-8-19-7-3-4-9-20(19)21/h3-12,15-16H,13-14H2,1-2H3. The highest BCUT2D eigenvalue weighted by Gasteiger charge is 2.23. The van der Waals surface area contributed by atoms with Crippen molar-refractivity contribution in [3.05, 3.63) is 89.7 Å². The van der Waals surface area contributed by atoms with Gasteiger partial charge < -0.3 is 0 Å². The summed E-state index contributed by atoms with van der Waals surface area (Å²) in [5, 5.41) is 7.01. The monoisotopic (exact) mass is 426 g/mol. The van der Waals surface area contributed by atoms with Crippen LogP contribution in [0.2, 0.25) is 0 Å². The molecule has 0 bridgehead atoms. The fraction of sp³-hybridized carbons (Fsp3) is 0.160. The minimum atomic E-state index is -0.0441. The summed E-state index contributed by atoms with van der Waals surface area (Å²) in [7, 11) is 0. The number of anilines is 1. The summed E-state index contributed by atoms with van der Waals surface area (Å²) in [6.45, 7) is 5.24. The third-order valence-corrected chi connectivity index (χ3v) is 6.45. The van der Waals surface area contributed by atoms with Crippen LogP contribution in [0, 0.1) is 13.8 Å². The van der Waals surface area contributed by atoms with E-state index in [0.717, 1.165) is 26.6 Å². The molecule has 0 aliphatic heterocycles. The zero-order valence-corrected chi connectivity index (χ0v) is 18.3. The van der Waals surface area contributed by atoms with Gasteiger partial charge in [0.05, 0.1) is 16.8 Å². The van der Waals surface area contributed by atoms with Crippen LogP contribution in [0.25, 0.3) is 21.0 Å². The van der Waals surface area contributed by atoms with Crippen molar-refractivity contribution in [3.8, 4) is 0 Å². The summed E-state index contributed by atoms with van der Waals surface area (Å²) in [4.78, 5) is 20.5. The molecule has 0 unspecified atom stereocenters. The van der Waals surface area contributed by atoms with Gasteiger partial charge in [-0.3, -0.25) is 14.4 Å². The lowest BCUT2D eigenvalue weighted by atomic mass is 10.0. The summed E-state index contributed by atoms with van der Waals surface area (Å²) in [6.07, 6.45) is 3.66. The van der Waals surface area contributed by atoms with Gasteiger partial charge >= 0.3 is 0 Å². The van der Waals surface area contributed by atoms with Gasteiger partial charge in [0.2, 0.25) is 0 Å². The summed E-state index contributed by atoms with van der Waals surface area (Å²) in [6, 6.07) is 20.0. The molecule has 6 heteroatoms. The van der Waals surface area contributed by atoms with Gasteiger partial charge in [-0.1, -0.05) is 53.8 Å². The largest absolute Gasteiger partial charge is 0.282 e. The van der Waals surface area contributed by atoms with Crippen LogP contribution < -0.4 is 4.90 Å². The van der Waals surface area contributed by atoms with Crippen LogP contribution in [-0.2, 0) is 6.54 Å². The van der Waals surface area contributed by atoms with Gasteiger partial charge in [-0.25, -0.2) is 4.98 Å². The highest BCUT2D eigenvalue weighted by molar-refractivity contribution is 7.22. The number of carbonyl (C=O) groups excluding carboxylic acids is 1. The number of amides is 1. The van der Waals surface area contributed by atoms with Crippen molar-refractivity contribution >= 4 is 43.4 Å². The number of aromatic nitrogens is 3. The van der Waals surface area contributed by atoms with Crippen molar-refractivity contribution in [1.82, 2.24) is 14.8 Å². The van der Waals surface area contributed by atoms with Crippen LogP contribution in [0.5, 0.6) is 0 Å². The van der Waals surface area contributed by atoms with Gasteiger partial charge in [0.1, 0.15) is 0 Å². The molecule has 1 amide bonds. The number of hydrogen-bond donors (Lipinski definition) is 0. The molecular weight excluding hydrogens is 404 g/mol. The predicted molar refractivity (Wildman–Crippen MR) is 127 cm³/mol. The van der Waals surface area contributed by atoms with Gasteiger partial charge in [-0.15, -0.1) is 0 Å². The van der Waals surface area contributed by atoms with Crippen LogP contribution in [-0.4, -0.2) is 27.2 Å². The van der Waals surface area contributed by atoms with Gasteiger partial charge in [0.25, 0.3) is 5.91 Å². The Morgan fingerprint density at radius 1 is 1.06 bits per heavy atom. The predicted octanol–water partition coefficient (Wildman–Crippen LogP) is 5.61. The number of thiazole rings is 1. The Labute approximate surface area is 184 Å². The van der Waals surface area contributed by atoms with E-state index in [4.69, 9.17) is 4.98 Å². The molecule has 2 heterocycles. The van der Waals surface area contributed by atoms with Crippen LogP contribution in [0.15, 0.2) is 73.1 Å². The van der Waals surface area contributed by atoms with E-state index >= 15 is 0 Å². The second-order valence-electron chi connectivity index (χ2n) is 7.68. The zero-order valence-electron chi connectivity index (χ0n) is 17.4. The lowest BCUT2D eigenvalue weighted by Gasteiger charge is -2.21. The highest BCUT2D eigenvalue weighted by Crippen LogP contribution is 2.33. The van der Waals surface area contributed by atoms with Crippen molar-refractivity contribution in [2.24, 2.45) is 0 Å². The number of fused-ring (bicyclic) bond motifs is 2. The average molecular weight is 427 g/mol. The molecule has 0 N–H and O–H groups in total. The normalized spacial score (nSPS) is 11.3. The molecule has 5 aromatic rings. The molecule has 0 aliphatic carbocycles.